The van der Waals surface area contributed by atoms with Gasteiger partial charge in [-0.2, -0.15) is 0 Å². The molecule has 2 fully saturated rings. The second-order valence-corrected chi connectivity index (χ2v) is 19.5. The molecule has 0 spiro atoms. The van der Waals surface area contributed by atoms with Gasteiger partial charge in [0.25, 0.3) is 0 Å². The third-order valence-corrected chi connectivity index (χ3v) is 12.4. The summed E-state index contributed by atoms with van der Waals surface area (Å²) in [5.74, 6) is -0.242. The Bertz CT molecular complexity index is 1910. The fraction of sp³-hybridized carbons (Fsp3) is 0.562. The van der Waals surface area contributed by atoms with Crippen LogP contribution in [-0.4, -0.2) is 122 Å². The quantitative estimate of drug-likeness (QED) is 0.160. The van der Waals surface area contributed by atoms with E-state index in [-0.39, 0.29) is 67.4 Å². The van der Waals surface area contributed by atoms with Crippen LogP contribution in [0.5, 0.6) is 0 Å². The van der Waals surface area contributed by atoms with Crippen molar-refractivity contribution in [2.45, 2.75) is 141 Å². The van der Waals surface area contributed by atoms with E-state index in [2.05, 4.69) is 13.2 Å². The lowest BCUT2D eigenvalue weighted by atomic mass is 9.90. The Morgan fingerprint density at radius 1 is 0.766 bits per heavy atom. The van der Waals surface area contributed by atoms with Gasteiger partial charge in [0.1, 0.15) is 46.5 Å². The molecule has 4 aliphatic rings. The minimum Gasteiger partial charge on any atom is -0.443 e. The highest BCUT2D eigenvalue weighted by Crippen LogP contribution is 2.42. The molecule has 0 aromatic heterocycles. The van der Waals surface area contributed by atoms with Gasteiger partial charge in [-0.25, -0.2) is 9.59 Å². The number of benzene rings is 2. The van der Waals surface area contributed by atoms with Crippen molar-refractivity contribution in [2.24, 2.45) is 21.8 Å². The van der Waals surface area contributed by atoms with Crippen molar-refractivity contribution in [3.05, 3.63) is 97.1 Å². The summed E-state index contributed by atoms with van der Waals surface area (Å²) in [7, 11) is 0. The number of nitrogens with zero attached hydrogens (tertiary/aromatic N) is 4. The van der Waals surface area contributed by atoms with E-state index in [1.54, 1.807) is 19.1 Å². The van der Waals surface area contributed by atoms with Crippen molar-refractivity contribution in [3.8, 4) is 0 Å². The molecule has 4 heterocycles. The van der Waals surface area contributed by atoms with Crippen molar-refractivity contribution in [2.75, 3.05) is 19.7 Å². The molecular formula is C48H68N4O10S2. The molecule has 352 valence electrons. The summed E-state index contributed by atoms with van der Waals surface area (Å²) in [6, 6.07) is 19.1. The van der Waals surface area contributed by atoms with E-state index in [4.69, 9.17) is 39.8 Å². The minimum absolute atomic E-state index is 0.0620. The van der Waals surface area contributed by atoms with Gasteiger partial charge >= 0.3 is 12.2 Å². The van der Waals surface area contributed by atoms with E-state index >= 15 is 0 Å². The second-order valence-electron chi connectivity index (χ2n) is 17.4. The van der Waals surface area contributed by atoms with E-state index in [0.717, 1.165) is 17.4 Å². The first kappa shape index (κ1) is 51.0. The van der Waals surface area contributed by atoms with Gasteiger partial charge in [-0.05, 0) is 52.7 Å². The first-order chi connectivity index (χ1) is 30.9. The number of aldehydes is 1. The predicted molar refractivity (Wildman–Crippen MR) is 254 cm³/mol. The molecule has 0 unspecified atom stereocenters. The molecule has 2 aromatic carbocycles. The van der Waals surface area contributed by atoms with Crippen LogP contribution in [0.1, 0.15) is 81.7 Å². The zero-order valence-corrected chi connectivity index (χ0v) is 40.3. The zero-order valence-electron chi connectivity index (χ0n) is 39.7. The van der Waals surface area contributed by atoms with Gasteiger partial charge in [0.05, 0.1) is 38.1 Å². The molecule has 2 amide bonds. The Balaban J connectivity index is 0.000000268. The standard InChI is InChI=1S/C23H32N2O5S.C23H30N2O5S.C2H6/c2*1-6-12-25(22(27)30-23(3,4)5)21-24-18-19(28-14-16-10-8-7-9-11-16)15(2)17(13-26)29-20(18)31-21;1-2/h6-11,15,17-20,26H,1,12-14H2,2-5H3;6-11,13,15,17-20H,1,12,14H2,2-5H3;1-2H3/t2*15-,17-,18-,19+,20-;/m11./s1/i;;1D. The molecule has 10 atom stereocenters. The normalized spacial score (nSPS) is 27.2. The lowest BCUT2D eigenvalue weighted by Crippen LogP contribution is -2.52. The summed E-state index contributed by atoms with van der Waals surface area (Å²) in [6.07, 6.45) is 1.54. The summed E-state index contributed by atoms with van der Waals surface area (Å²) < 4.78 is 41.9. The van der Waals surface area contributed by atoms with Crippen molar-refractivity contribution in [1.29, 1.82) is 0 Å². The number of amides is 2. The summed E-state index contributed by atoms with van der Waals surface area (Å²) in [4.78, 5) is 49.7. The molecule has 4 aliphatic heterocycles. The molecular weight excluding hydrogens is 857 g/mol. The van der Waals surface area contributed by atoms with E-state index in [1.807, 2.05) is 116 Å². The number of rotatable bonds is 12. The molecule has 0 saturated carbocycles. The average Bonchev–Trinajstić information content (AvgIpc) is 3.88. The van der Waals surface area contributed by atoms with Crippen LogP contribution in [0, 0.1) is 11.8 Å². The third kappa shape index (κ3) is 14.5. The smallest absolute Gasteiger partial charge is 0.416 e. The Kier molecular flexibility index (Phi) is 19.5. The number of hydrogen-bond acceptors (Lipinski definition) is 14. The number of thioether (sulfide) groups is 2. The van der Waals surface area contributed by atoms with Crippen LogP contribution in [0.4, 0.5) is 9.59 Å². The highest BCUT2D eigenvalue weighted by atomic mass is 32.2. The van der Waals surface area contributed by atoms with Gasteiger partial charge in [0.2, 0.25) is 0 Å². The maximum atomic E-state index is 12.8. The summed E-state index contributed by atoms with van der Waals surface area (Å²) >= 11 is 2.67. The van der Waals surface area contributed by atoms with Crippen LogP contribution >= 0.6 is 23.5 Å². The van der Waals surface area contributed by atoms with Gasteiger partial charge in [-0.1, -0.05) is 124 Å². The lowest BCUT2D eigenvalue weighted by molar-refractivity contribution is -0.150. The van der Waals surface area contributed by atoms with Crippen molar-refractivity contribution in [1.82, 2.24) is 9.80 Å². The Labute approximate surface area is 389 Å². The minimum atomic E-state index is -0.637. The Morgan fingerprint density at radius 2 is 1.17 bits per heavy atom. The number of carbonyl (C=O) groups excluding carboxylic acids is 3. The Hall–Kier alpha value is -4.03. The average molecular weight is 926 g/mol. The number of carbonyl (C=O) groups is 3. The highest BCUT2D eigenvalue weighted by Gasteiger charge is 2.51. The van der Waals surface area contributed by atoms with E-state index in [9.17, 15) is 19.5 Å². The van der Waals surface area contributed by atoms with Crippen molar-refractivity contribution >= 4 is 52.3 Å². The molecule has 1 N–H and O–H groups in total. The van der Waals surface area contributed by atoms with Crippen molar-refractivity contribution in [3.63, 3.8) is 0 Å². The lowest BCUT2D eigenvalue weighted by Gasteiger charge is -2.41. The molecule has 6 rings (SSSR count). The summed E-state index contributed by atoms with van der Waals surface area (Å²) in [6.45, 7) is 25.9. The van der Waals surface area contributed by atoms with Crippen LogP contribution in [0.2, 0.25) is 0 Å². The molecule has 2 saturated heterocycles. The summed E-state index contributed by atoms with van der Waals surface area (Å²) in [5.41, 5.74) is 0.0759. The number of hydrogen-bond donors (Lipinski definition) is 1. The van der Waals surface area contributed by atoms with E-state index in [0.29, 0.717) is 30.4 Å². The third-order valence-electron chi connectivity index (χ3n) is 10.1. The number of aliphatic hydroxyl groups is 1. The first-order valence-electron chi connectivity index (χ1n) is 22.3. The highest BCUT2D eigenvalue weighted by molar-refractivity contribution is 8.14. The van der Waals surface area contributed by atoms with E-state index in [1.165, 1.54) is 33.3 Å². The van der Waals surface area contributed by atoms with Gasteiger partial charge in [0, 0.05) is 26.3 Å². The van der Waals surface area contributed by atoms with E-state index < -0.39 is 34.9 Å². The number of aliphatic imine (C=N–C) groups is 2. The SMILES string of the molecule is C=CCN(C(=O)OC(C)(C)C)C1=N[C@@H]2[C@@H](OCc3ccccc3)[C@H](C)[C@@H](C=O)O[C@@H]2S1.C=CCN(C(=O)OC(C)(C)C)C1=N[C@@H]2[C@@H](OCc3ccccc3)[C@H](C)[C@@H](CO)O[C@@H]2S1.[2H]CC. The van der Waals surface area contributed by atoms with Gasteiger partial charge in [-0.15, -0.1) is 13.2 Å². The first-order valence-corrected chi connectivity index (χ1v) is 23.3. The van der Waals surface area contributed by atoms with Crippen LogP contribution < -0.4 is 0 Å². The largest absolute Gasteiger partial charge is 0.443 e. The second kappa shape index (κ2) is 24.5. The van der Waals surface area contributed by atoms with Crippen molar-refractivity contribution < 1.29 is 49.3 Å². The summed E-state index contributed by atoms with van der Waals surface area (Å²) in [5, 5.41) is 10.8. The maximum absolute atomic E-state index is 12.8. The maximum Gasteiger partial charge on any atom is 0.416 e. The molecule has 16 heteroatoms. The van der Waals surface area contributed by atoms with Crippen LogP contribution in [0.15, 0.2) is 96.0 Å². The topological polar surface area (TPSA) is 158 Å². The number of fused-ring (bicyclic) bond motifs is 2. The van der Waals surface area contributed by atoms with Crippen LogP contribution in [0.3, 0.4) is 0 Å². The number of amidine groups is 2. The number of ether oxygens (including phenoxy) is 6. The fourth-order valence-electron chi connectivity index (χ4n) is 7.07. The zero-order chi connectivity index (χ0) is 47.9. The molecule has 2 aromatic rings. The molecule has 64 heavy (non-hydrogen) atoms. The van der Waals surface area contributed by atoms with Crippen LogP contribution in [0.25, 0.3) is 0 Å². The molecule has 0 radical (unpaired) electrons. The molecule has 14 nitrogen and oxygen atoms in total. The van der Waals surface area contributed by atoms with Gasteiger partial charge < -0.3 is 38.3 Å². The number of aliphatic hydroxyl groups excluding tert-OH is 1. The van der Waals surface area contributed by atoms with Gasteiger partial charge in [0.15, 0.2) is 10.3 Å². The predicted octanol–water partition coefficient (Wildman–Crippen LogP) is 8.87. The Morgan fingerprint density at radius 3 is 1.55 bits per heavy atom. The van der Waals surface area contributed by atoms with Gasteiger partial charge in [-0.3, -0.25) is 19.8 Å². The molecule has 0 bridgehead atoms. The van der Waals surface area contributed by atoms with Crippen LogP contribution in [-0.2, 0) is 46.4 Å². The monoisotopic (exact) mass is 925 g/mol. The molecule has 0 aliphatic carbocycles. The fourth-order valence-corrected chi connectivity index (χ4v) is 9.50.